The summed E-state index contributed by atoms with van der Waals surface area (Å²) < 4.78 is 0. The maximum absolute atomic E-state index is 13.2. The van der Waals surface area contributed by atoms with Gasteiger partial charge in [-0.15, -0.1) is 0 Å². The van der Waals surface area contributed by atoms with Crippen molar-refractivity contribution in [3.8, 4) is 0 Å². The van der Waals surface area contributed by atoms with E-state index in [4.69, 9.17) is 0 Å². The van der Waals surface area contributed by atoms with Gasteiger partial charge in [0.25, 0.3) is 5.91 Å². The van der Waals surface area contributed by atoms with Crippen molar-refractivity contribution in [1.82, 2.24) is 4.98 Å². The predicted octanol–water partition coefficient (Wildman–Crippen LogP) is 5.71. The molecular weight excluding hydrogens is 344 g/mol. The maximum atomic E-state index is 13.2. The zero-order valence-electron chi connectivity index (χ0n) is 16.5. The number of pyridine rings is 1. The van der Waals surface area contributed by atoms with Crippen LogP contribution in [0.5, 0.6) is 0 Å². The molecule has 0 saturated heterocycles. The van der Waals surface area contributed by atoms with Crippen LogP contribution < -0.4 is 4.90 Å². The fourth-order valence-electron chi connectivity index (χ4n) is 3.54. The topological polar surface area (TPSA) is 33.2 Å². The third kappa shape index (κ3) is 3.48. The number of aromatic nitrogens is 1. The van der Waals surface area contributed by atoms with Crippen LogP contribution in [0.4, 0.5) is 5.69 Å². The standard InChI is InChI=1S/C25H24N2O/c1-25(2,3)21-9-11-22(12-10-21)27-17-20-6-4-5-19(23(20)24(27)28)8-7-18-13-15-26-16-14-18/h4-16H,17H2,1-3H3/b8-7+. The van der Waals surface area contributed by atoms with E-state index >= 15 is 0 Å². The molecule has 0 N–H and O–H groups in total. The van der Waals surface area contributed by atoms with E-state index in [0.717, 1.165) is 27.9 Å². The second-order valence-electron chi connectivity index (χ2n) is 8.18. The van der Waals surface area contributed by atoms with Gasteiger partial charge in [-0.2, -0.15) is 0 Å². The van der Waals surface area contributed by atoms with E-state index < -0.39 is 0 Å². The van der Waals surface area contributed by atoms with Crippen molar-refractivity contribution in [3.05, 3.63) is 94.8 Å². The van der Waals surface area contributed by atoms with Crippen LogP contribution in [0.2, 0.25) is 0 Å². The summed E-state index contributed by atoms with van der Waals surface area (Å²) in [6.07, 6.45) is 7.57. The Balaban J connectivity index is 1.63. The number of amides is 1. The van der Waals surface area contributed by atoms with Gasteiger partial charge in [-0.1, -0.05) is 63.3 Å². The highest BCUT2D eigenvalue weighted by Crippen LogP contribution is 2.32. The molecule has 1 amide bonds. The Hall–Kier alpha value is -3.20. The van der Waals surface area contributed by atoms with E-state index in [1.165, 1.54) is 5.56 Å². The van der Waals surface area contributed by atoms with Gasteiger partial charge in [0.2, 0.25) is 0 Å². The number of rotatable bonds is 3. The SMILES string of the molecule is CC(C)(C)c1ccc(N2Cc3cccc(/C=C/c4ccncc4)c3C2=O)cc1. The van der Waals surface area contributed by atoms with Gasteiger partial charge in [-0.05, 0) is 51.9 Å². The molecule has 0 atom stereocenters. The molecule has 0 fully saturated rings. The van der Waals surface area contributed by atoms with Gasteiger partial charge in [0.05, 0.1) is 12.1 Å². The zero-order chi connectivity index (χ0) is 19.7. The number of anilines is 1. The largest absolute Gasteiger partial charge is 0.304 e. The number of benzene rings is 2. The van der Waals surface area contributed by atoms with Crippen molar-refractivity contribution in [1.29, 1.82) is 0 Å². The lowest BCUT2D eigenvalue weighted by atomic mass is 9.87. The summed E-state index contributed by atoms with van der Waals surface area (Å²) in [5.74, 6) is 0.0634. The molecule has 0 aliphatic carbocycles. The highest BCUT2D eigenvalue weighted by Gasteiger charge is 2.30. The number of fused-ring (bicyclic) bond motifs is 1. The molecule has 0 spiro atoms. The minimum atomic E-state index is 0.0634. The van der Waals surface area contributed by atoms with Crippen LogP contribution in [0.3, 0.4) is 0 Å². The molecule has 2 heterocycles. The third-order valence-corrected chi connectivity index (χ3v) is 5.18. The molecule has 1 aliphatic heterocycles. The van der Waals surface area contributed by atoms with Crippen LogP contribution in [0, 0.1) is 0 Å². The smallest absolute Gasteiger partial charge is 0.259 e. The zero-order valence-corrected chi connectivity index (χ0v) is 16.5. The van der Waals surface area contributed by atoms with Gasteiger partial charge in [-0.25, -0.2) is 0 Å². The Kier molecular flexibility index (Phi) is 4.60. The quantitative estimate of drug-likeness (QED) is 0.593. The minimum Gasteiger partial charge on any atom is -0.304 e. The van der Waals surface area contributed by atoms with E-state index in [0.29, 0.717) is 6.54 Å². The average Bonchev–Trinajstić information content (AvgIpc) is 3.04. The van der Waals surface area contributed by atoms with Crippen molar-refractivity contribution in [3.63, 3.8) is 0 Å². The monoisotopic (exact) mass is 368 g/mol. The number of hydrogen-bond donors (Lipinski definition) is 0. The lowest BCUT2D eigenvalue weighted by Crippen LogP contribution is -2.23. The average molecular weight is 368 g/mol. The highest BCUT2D eigenvalue weighted by molar-refractivity contribution is 6.12. The second kappa shape index (κ2) is 7.08. The molecular formula is C25H24N2O. The van der Waals surface area contributed by atoms with Gasteiger partial charge in [0.1, 0.15) is 0 Å². The first kappa shape index (κ1) is 18.2. The molecule has 0 bridgehead atoms. The van der Waals surface area contributed by atoms with Crippen molar-refractivity contribution in [2.45, 2.75) is 32.7 Å². The maximum Gasteiger partial charge on any atom is 0.259 e. The number of carbonyl (C=O) groups excluding carboxylic acids is 1. The minimum absolute atomic E-state index is 0.0634. The van der Waals surface area contributed by atoms with E-state index in [9.17, 15) is 4.79 Å². The number of nitrogens with zero attached hydrogens (tertiary/aromatic N) is 2. The van der Waals surface area contributed by atoms with E-state index in [2.05, 4.69) is 50.0 Å². The summed E-state index contributed by atoms with van der Waals surface area (Å²) in [4.78, 5) is 19.1. The van der Waals surface area contributed by atoms with Gasteiger partial charge < -0.3 is 4.90 Å². The fraction of sp³-hybridized carbons (Fsp3) is 0.200. The third-order valence-electron chi connectivity index (χ3n) is 5.18. The Morgan fingerprint density at radius 3 is 2.32 bits per heavy atom. The van der Waals surface area contributed by atoms with Gasteiger partial charge in [-0.3, -0.25) is 9.78 Å². The molecule has 3 heteroatoms. The van der Waals surface area contributed by atoms with Crippen LogP contribution in [0.15, 0.2) is 67.0 Å². The van der Waals surface area contributed by atoms with Crippen molar-refractivity contribution >= 4 is 23.7 Å². The molecule has 3 nitrogen and oxygen atoms in total. The number of hydrogen-bond acceptors (Lipinski definition) is 2. The lowest BCUT2D eigenvalue weighted by Gasteiger charge is -2.21. The molecule has 1 aliphatic rings. The Labute approximate surface area is 166 Å². The van der Waals surface area contributed by atoms with Gasteiger partial charge >= 0.3 is 0 Å². The first-order valence-electron chi connectivity index (χ1n) is 9.56. The van der Waals surface area contributed by atoms with Crippen LogP contribution >= 0.6 is 0 Å². The summed E-state index contributed by atoms with van der Waals surface area (Å²) in [5.41, 5.74) is 6.19. The molecule has 0 saturated carbocycles. The first-order chi connectivity index (χ1) is 13.4. The summed E-state index contributed by atoms with van der Waals surface area (Å²) in [6, 6.07) is 18.3. The van der Waals surface area contributed by atoms with Crippen molar-refractivity contribution < 1.29 is 4.79 Å². The number of carbonyl (C=O) groups is 1. The summed E-state index contributed by atoms with van der Waals surface area (Å²) in [6.45, 7) is 7.20. The van der Waals surface area contributed by atoms with E-state index in [1.54, 1.807) is 12.4 Å². The molecule has 4 rings (SSSR count). The molecule has 0 unspecified atom stereocenters. The van der Waals surface area contributed by atoms with Gasteiger partial charge in [0.15, 0.2) is 0 Å². The van der Waals surface area contributed by atoms with Gasteiger partial charge in [0, 0.05) is 18.1 Å². The van der Waals surface area contributed by atoms with Crippen molar-refractivity contribution in [2.24, 2.45) is 0 Å². The first-order valence-corrected chi connectivity index (χ1v) is 9.56. The summed E-state index contributed by atoms with van der Waals surface area (Å²) >= 11 is 0. The van der Waals surface area contributed by atoms with Crippen LogP contribution in [-0.4, -0.2) is 10.9 Å². The molecule has 1 aromatic heterocycles. The summed E-state index contributed by atoms with van der Waals surface area (Å²) in [5, 5.41) is 0. The lowest BCUT2D eigenvalue weighted by molar-refractivity contribution is 0.0996. The Morgan fingerprint density at radius 1 is 0.929 bits per heavy atom. The Bertz CT molecular complexity index is 1030. The van der Waals surface area contributed by atoms with Crippen LogP contribution in [0.1, 0.15) is 53.4 Å². The van der Waals surface area contributed by atoms with Crippen LogP contribution in [0.25, 0.3) is 12.2 Å². The Morgan fingerprint density at radius 2 is 1.64 bits per heavy atom. The predicted molar refractivity (Wildman–Crippen MR) is 115 cm³/mol. The summed E-state index contributed by atoms with van der Waals surface area (Å²) in [7, 11) is 0. The van der Waals surface area contributed by atoms with Crippen molar-refractivity contribution in [2.75, 3.05) is 4.90 Å². The van der Waals surface area contributed by atoms with E-state index in [-0.39, 0.29) is 11.3 Å². The fourth-order valence-corrected chi connectivity index (χ4v) is 3.54. The van der Waals surface area contributed by atoms with Crippen LogP contribution in [-0.2, 0) is 12.0 Å². The molecule has 140 valence electrons. The molecule has 3 aromatic rings. The highest BCUT2D eigenvalue weighted by atomic mass is 16.2. The normalized spacial score (nSPS) is 14.0. The molecule has 28 heavy (non-hydrogen) atoms. The molecule has 0 radical (unpaired) electrons. The second-order valence-corrected chi connectivity index (χ2v) is 8.18. The molecule has 2 aromatic carbocycles. The van der Waals surface area contributed by atoms with E-state index in [1.807, 2.05) is 47.4 Å².